The fourth-order valence-electron chi connectivity index (χ4n) is 6.03. The maximum atomic E-state index is 11.9. The smallest absolute Gasteiger partial charge is 0.315 e. The summed E-state index contributed by atoms with van der Waals surface area (Å²) in [6.45, 7) is 37.3. The van der Waals surface area contributed by atoms with Crippen molar-refractivity contribution >= 4 is 84.3 Å². The van der Waals surface area contributed by atoms with Gasteiger partial charge in [-0.1, -0.05) is 106 Å². The van der Waals surface area contributed by atoms with E-state index in [1.54, 1.807) is 6.08 Å². The number of hydrogen-bond donors (Lipinski definition) is 2. The van der Waals surface area contributed by atoms with Crippen LogP contribution >= 0.6 is 15.9 Å². The zero-order valence-electron chi connectivity index (χ0n) is 42.9. The molecule has 4 atom stereocenters. The van der Waals surface area contributed by atoms with Crippen LogP contribution in [0.1, 0.15) is 125 Å². The zero-order valence-corrected chi connectivity index (χ0v) is 48.1. The van der Waals surface area contributed by atoms with Crippen LogP contribution in [0.2, 0.25) is 36.3 Å². The van der Waals surface area contributed by atoms with Gasteiger partial charge in [0.25, 0.3) is 11.9 Å². The van der Waals surface area contributed by atoms with Crippen LogP contribution in [-0.2, 0) is 57.9 Å². The van der Waals surface area contributed by atoms with Crippen molar-refractivity contribution in [3.63, 3.8) is 0 Å². The van der Waals surface area contributed by atoms with Crippen LogP contribution in [0.3, 0.4) is 0 Å². The van der Waals surface area contributed by atoms with Gasteiger partial charge in [-0.2, -0.15) is 0 Å². The van der Waals surface area contributed by atoms with E-state index in [1.165, 1.54) is 0 Å². The molecule has 16 heteroatoms. The maximum Gasteiger partial charge on any atom is 0.315 e. The summed E-state index contributed by atoms with van der Waals surface area (Å²) in [5.41, 5.74) is 4.00. The van der Waals surface area contributed by atoms with Crippen molar-refractivity contribution in [3.05, 3.63) is 101 Å². The minimum absolute atomic E-state index is 0. The first-order valence-electron chi connectivity index (χ1n) is 22.6. The van der Waals surface area contributed by atoms with Crippen molar-refractivity contribution in [1.29, 1.82) is 0 Å². The molecule has 378 valence electrons. The Hall–Kier alpha value is -3.88. The molecule has 0 spiro atoms. The number of rotatable bonds is 9. The van der Waals surface area contributed by atoms with Gasteiger partial charge in [-0.3, -0.25) is 29.1 Å². The Morgan fingerprint density at radius 1 is 0.721 bits per heavy atom. The first-order chi connectivity index (χ1) is 30.7. The number of aromatic nitrogens is 2. The third-order valence-corrected chi connectivity index (χ3v) is 22.1. The van der Waals surface area contributed by atoms with Gasteiger partial charge in [-0.25, -0.2) is 0 Å². The number of pyridine rings is 2. The number of carboxylic acid groups (broad SMARTS) is 2. The molecule has 2 N–H and O–H groups in total. The molecule has 6 rings (SSSR count). The Bertz CT molecular complexity index is 2380. The fraction of sp³-hybridized carbons (Fsp3) is 0.500. The van der Waals surface area contributed by atoms with Crippen LogP contribution in [0, 0.1) is 10.8 Å². The molecule has 2 aromatic heterocycles. The molecule has 0 radical (unpaired) electrons. The number of carbonyl (C=O) groups is 4. The summed E-state index contributed by atoms with van der Waals surface area (Å²) >= 11 is 3.50. The number of hydrogen-bond acceptors (Lipinski definition) is 10. The summed E-state index contributed by atoms with van der Waals surface area (Å²) in [6, 6.07) is 20.7. The van der Waals surface area contributed by atoms with E-state index in [0.717, 1.165) is 69.9 Å². The number of halogens is 1. The van der Waals surface area contributed by atoms with Crippen LogP contribution in [0.5, 0.6) is 0 Å². The van der Waals surface area contributed by atoms with E-state index in [-0.39, 0.29) is 54.6 Å². The Kier molecular flexibility index (Phi) is 23.6. The molecule has 4 aromatic rings. The van der Waals surface area contributed by atoms with Crippen LogP contribution in [0.25, 0.3) is 27.9 Å². The molecule has 12 nitrogen and oxygen atoms in total. The molecular formula is C52H75BrN2O10PdSi2. The summed E-state index contributed by atoms with van der Waals surface area (Å²) in [4.78, 5) is 50.4. The third kappa shape index (κ3) is 18.8. The summed E-state index contributed by atoms with van der Waals surface area (Å²) in [5, 5.41) is 17.5. The number of cyclic esters (lactones) is 2. The normalized spacial score (nSPS) is 19.0. The number of nitrogens with zero attached hydrogens (tertiary/aromatic N) is 2. The van der Waals surface area contributed by atoms with Crippen molar-refractivity contribution in [2.24, 2.45) is 10.8 Å². The number of benzene rings is 2. The topological polar surface area (TPSA) is 171 Å². The van der Waals surface area contributed by atoms with Crippen molar-refractivity contribution in [1.82, 2.24) is 9.97 Å². The summed E-state index contributed by atoms with van der Waals surface area (Å²) in [5.74, 6) is -1.95. The minimum Gasteiger partial charge on any atom is -0.481 e. The second kappa shape index (κ2) is 25.8. The van der Waals surface area contributed by atoms with Gasteiger partial charge in [0.1, 0.15) is 0 Å². The molecule has 68 heavy (non-hydrogen) atoms. The molecule has 0 saturated carbocycles. The first-order valence-corrected chi connectivity index (χ1v) is 29.2. The van der Waals surface area contributed by atoms with Crippen molar-refractivity contribution in [3.8, 4) is 0 Å². The molecule has 0 amide bonds. The molecule has 0 bridgehead atoms. The van der Waals surface area contributed by atoms with Crippen LogP contribution in [-0.4, -0.2) is 73.9 Å². The Labute approximate surface area is 429 Å². The molecule has 2 aliphatic heterocycles. The predicted molar refractivity (Wildman–Crippen MR) is 278 cm³/mol. The van der Waals surface area contributed by atoms with E-state index < -0.39 is 39.4 Å². The molecule has 2 saturated heterocycles. The standard InChI is InChI=1S/C24H33NO3Si.C17H24BrNOSi.C7H10O2.2C2H4O2.Pd/c1-17(28-29(6,7)23(2,3)4)20-11-10-19-9-8-18(16-21(19)25-20)12-13-24(5)14-15-27-22(24)26;1-12(20-21(5,6)17(2,3)4)15-10-8-13-7-9-14(18)11-16(13)19-15;1-3-7(2)4-5-9-6(7)8;2*1-2(3)4;/h8-13,16-17H,14-15H2,1-7H3;7-12H,1-6H3;3H,1,4-5H2,2H3;2*1H3,(H,3,4);/b13-12+;;;;;/t17-,24?;12-;;;;/m11..../s1. The average Bonchev–Trinajstić information content (AvgIpc) is 3.73. The molecule has 4 heterocycles. The van der Waals surface area contributed by atoms with Crippen molar-refractivity contribution in [2.45, 2.75) is 144 Å². The molecule has 0 aliphatic carbocycles. The Morgan fingerprint density at radius 2 is 1.09 bits per heavy atom. The van der Waals surface area contributed by atoms with E-state index in [2.05, 4.69) is 159 Å². The molecule has 2 unspecified atom stereocenters. The number of carbonyl (C=O) groups excluding carboxylic acids is 2. The van der Waals surface area contributed by atoms with Gasteiger partial charge in [0.05, 0.1) is 58.7 Å². The predicted octanol–water partition coefficient (Wildman–Crippen LogP) is 13.7. The van der Waals surface area contributed by atoms with Gasteiger partial charge in [-0.15, -0.1) is 6.58 Å². The van der Waals surface area contributed by atoms with E-state index in [0.29, 0.717) is 13.2 Å². The summed E-state index contributed by atoms with van der Waals surface area (Å²) in [6.07, 6.45) is 7.08. The van der Waals surface area contributed by atoms with Crippen LogP contribution < -0.4 is 0 Å². The number of ether oxygens (including phenoxy) is 2. The van der Waals surface area contributed by atoms with E-state index in [9.17, 15) is 9.59 Å². The Balaban J connectivity index is 0.000000513. The second-order valence-corrected chi connectivity index (χ2v) is 30.9. The first kappa shape index (κ1) is 62.1. The van der Waals surface area contributed by atoms with E-state index in [4.69, 9.17) is 48.1 Å². The van der Waals surface area contributed by atoms with Gasteiger partial charge in [0.15, 0.2) is 16.6 Å². The maximum absolute atomic E-state index is 11.9. The van der Waals surface area contributed by atoms with Crippen molar-refractivity contribution in [2.75, 3.05) is 13.2 Å². The monoisotopic (exact) mass is 1130 g/mol. The van der Waals surface area contributed by atoms with E-state index in [1.807, 2.05) is 32.1 Å². The van der Waals surface area contributed by atoms with E-state index >= 15 is 0 Å². The minimum atomic E-state index is -1.87. The van der Waals surface area contributed by atoms with Gasteiger partial charge < -0.3 is 28.5 Å². The summed E-state index contributed by atoms with van der Waals surface area (Å²) in [7, 11) is -3.65. The summed E-state index contributed by atoms with van der Waals surface area (Å²) < 4.78 is 23.9. The quantitative estimate of drug-likeness (QED) is 0.0925. The number of fused-ring (bicyclic) bond motifs is 2. The van der Waals surface area contributed by atoms with Gasteiger partial charge in [0.2, 0.25) is 0 Å². The number of carboxylic acids is 2. The second-order valence-electron chi connectivity index (χ2n) is 20.5. The third-order valence-electron chi connectivity index (χ3n) is 12.5. The van der Waals surface area contributed by atoms with Gasteiger partial charge >= 0.3 is 11.9 Å². The van der Waals surface area contributed by atoms with Gasteiger partial charge in [0, 0.05) is 62.4 Å². The van der Waals surface area contributed by atoms with Crippen molar-refractivity contribution < 1.29 is 68.1 Å². The molecule has 2 aliphatic rings. The SMILES string of the molecule is C=CC1(C)CCOC1=O.CC(=O)O.CC(=O)O.C[C@@H](O[Si](C)(C)C(C)(C)C)c1ccc2ccc(/C=C/C3(C)CCOC3=O)cc2n1.C[C@@H](O[Si](C)(C)C(C)(C)C)c1ccc2ccc(Br)cc2n1.[Pd]. The number of esters is 2. The molecule has 2 fully saturated rings. The van der Waals surface area contributed by atoms with Crippen LogP contribution in [0.15, 0.2) is 83.9 Å². The number of aliphatic carboxylic acids is 2. The van der Waals surface area contributed by atoms with Crippen LogP contribution in [0.4, 0.5) is 0 Å². The molecular weight excluding hydrogens is 1060 g/mol. The molecule has 2 aromatic carbocycles. The van der Waals surface area contributed by atoms with Gasteiger partial charge in [-0.05, 0) is 99.9 Å². The Morgan fingerprint density at radius 3 is 1.44 bits per heavy atom. The fourth-order valence-corrected chi connectivity index (χ4v) is 9.10. The largest absolute Gasteiger partial charge is 0.481 e. The zero-order chi connectivity index (χ0) is 51.3. The average molecular weight is 1130 g/mol.